The number of hydrogen-bond donors (Lipinski definition) is 2. The molecule has 8 heteroatoms. The van der Waals surface area contributed by atoms with Crippen LogP contribution in [-0.2, 0) is 6.54 Å². The minimum absolute atomic E-state index is 0.175. The average molecular weight is 385 g/mol. The fraction of sp³-hybridized carbons (Fsp3) is 0.316. The molecule has 1 aromatic carbocycles. The van der Waals surface area contributed by atoms with Crippen molar-refractivity contribution in [2.75, 3.05) is 31.7 Å². The quantitative estimate of drug-likeness (QED) is 0.636. The predicted octanol–water partition coefficient (Wildman–Crippen LogP) is 2.55. The largest absolute Gasteiger partial charge is 0.399 e. The summed E-state index contributed by atoms with van der Waals surface area (Å²) in [6.45, 7) is 3.27. The summed E-state index contributed by atoms with van der Waals surface area (Å²) < 4.78 is 1.58. The molecule has 0 spiro atoms. The fourth-order valence-corrected chi connectivity index (χ4v) is 3.87. The van der Waals surface area contributed by atoms with Crippen LogP contribution in [0.5, 0.6) is 0 Å². The van der Waals surface area contributed by atoms with Gasteiger partial charge in [-0.25, -0.2) is 4.98 Å². The number of anilines is 2. The Balaban J connectivity index is 1.94. The van der Waals surface area contributed by atoms with E-state index in [1.807, 2.05) is 21.0 Å². The number of aryl methyl sites for hydroxylation is 2. The SMILES string of the molecule is Cc1sc2ncn(CCCN(C)C)c(=O)c2c1C(=O)Nc1ccc(N)cc1. The number of carbonyl (C=O) groups is 1. The maximum Gasteiger partial charge on any atom is 0.262 e. The Hall–Kier alpha value is -2.71. The van der Waals surface area contributed by atoms with Crippen molar-refractivity contribution in [3.05, 3.63) is 51.4 Å². The van der Waals surface area contributed by atoms with Crippen LogP contribution in [0.1, 0.15) is 21.7 Å². The van der Waals surface area contributed by atoms with E-state index in [2.05, 4.69) is 15.2 Å². The molecule has 0 bridgehead atoms. The molecule has 2 aromatic heterocycles. The molecule has 0 aliphatic heterocycles. The van der Waals surface area contributed by atoms with Gasteiger partial charge in [0.1, 0.15) is 4.83 Å². The number of fused-ring (bicyclic) bond motifs is 1. The maximum atomic E-state index is 13.0. The van der Waals surface area contributed by atoms with Gasteiger partial charge in [0.15, 0.2) is 0 Å². The number of rotatable bonds is 6. The monoisotopic (exact) mass is 385 g/mol. The Morgan fingerprint density at radius 2 is 2.00 bits per heavy atom. The van der Waals surface area contributed by atoms with Crippen LogP contribution in [0, 0.1) is 6.92 Å². The molecule has 3 N–H and O–H groups in total. The van der Waals surface area contributed by atoms with Crippen LogP contribution in [0.15, 0.2) is 35.4 Å². The summed E-state index contributed by atoms with van der Waals surface area (Å²) in [5, 5.41) is 3.23. The van der Waals surface area contributed by atoms with Crippen LogP contribution < -0.4 is 16.6 Å². The van der Waals surface area contributed by atoms with Crippen molar-refractivity contribution in [3.8, 4) is 0 Å². The molecular weight excluding hydrogens is 362 g/mol. The third-order valence-corrected chi connectivity index (χ3v) is 5.27. The molecule has 142 valence electrons. The van der Waals surface area contributed by atoms with E-state index in [4.69, 9.17) is 5.73 Å². The highest BCUT2D eigenvalue weighted by Gasteiger charge is 2.21. The topological polar surface area (TPSA) is 93.2 Å². The van der Waals surface area contributed by atoms with E-state index in [0.717, 1.165) is 17.8 Å². The van der Waals surface area contributed by atoms with E-state index in [-0.39, 0.29) is 11.5 Å². The van der Waals surface area contributed by atoms with Gasteiger partial charge in [0.25, 0.3) is 11.5 Å². The van der Waals surface area contributed by atoms with E-state index in [1.165, 1.54) is 11.3 Å². The number of nitrogens with two attached hydrogens (primary N) is 1. The van der Waals surface area contributed by atoms with E-state index in [0.29, 0.717) is 33.7 Å². The van der Waals surface area contributed by atoms with Gasteiger partial charge in [-0.05, 0) is 58.3 Å². The zero-order chi connectivity index (χ0) is 19.6. The fourth-order valence-electron chi connectivity index (χ4n) is 2.89. The molecule has 0 saturated heterocycles. The van der Waals surface area contributed by atoms with Crippen LogP contribution in [-0.4, -0.2) is 41.0 Å². The lowest BCUT2D eigenvalue weighted by Gasteiger charge is -2.10. The van der Waals surface area contributed by atoms with E-state index >= 15 is 0 Å². The van der Waals surface area contributed by atoms with Gasteiger partial charge in [-0.3, -0.25) is 14.2 Å². The zero-order valence-corrected chi connectivity index (χ0v) is 16.5. The second-order valence-electron chi connectivity index (χ2n) is 6.69. The Kier molecular flexibility index (Phi) is 5.57. The van der Waals surface area contributed by atoms with Crippen molar-refractivity contribution in [2.45, 2.75) is 19.9 Å². The Labute approximate surface area is 161 Å². The van der Waals surface area contributed by atoms with Gasteiger partial charge in [0, 0.05) is 22.8 Å². The number of aromatic nitrogens is 2. The summed E-state index contributed by atoms with van der Waals surface area (Å²) in [6, 6.07) is 6.89. The number of hydrogen-bond acceptors (Lipinski definition) is 6. The second-order valence-corrected chi connectivity index (χ2v) is 7.89. The van der Waals surface area contributed by atoms with Gasteiger partial charge >= 0.3 is 0 Å². The molecule has 7 nitrogen and oxygen atoms in total. The van der Waals surface area contributed by atoms with Crippen LogP contribution in [0.25, 0.3) is 10.2 Å². The molecular formula is C19H23N5O2S. The molecule has 3 aromatic rings. The lowest BCUT2D eigenvalue weighted by atomic mass is 10.1. The molecule has 27 heavy (non-hydrogen) atoms. The summed E-state index contributed by atoms with van der Waals surface area (Å²) in [4.78, 5) is 33.6. The first kappa shape index (κ1) is 19.1. The molecule has 0 fully saturated rings. The summed E-state index contributed by atoms with van der Waals surface area (Å²) in [5.41, 5.74) is 7.15. The van der Waals surface area contributed by atoms with Crippen LogP contribution in [0.4, 0.5) is 11.4 Å². The lowest BCUT2D eigenvalue weighted by Crippen LogP contribution is -2.24. The first-order valence-electron chi connectivity index (χ1n) is 8.67. The number of amides is 1. The minimum atomic E-state index is -0.312. The molecule has 0 aliphatic rings. The summed E-state index contributed by atoms with van der Waals surface area (Å²) in [6.07, 6.45) is 2.40. The summed E-state index contributed by atoms with van der Waals surface area (Å²) in [5.74, 6) is -0.312. The standard InChI is InChI=1S/C19H23N5O2S/c1-12-15(17(25)22-14-7-5-13(20)6-8-14)16-18(27-12)21-11-24(19(16)26)10-4-9-23(2)3/h5-8,11H,4,9-10,20H2,1-3H3,(H,22,25). The number of nitrogens with one attached hydrogen (secondary N) is 1. The highest BCUT2D eigenvalue weighted by Crippen LogP contribution is 2.27. The molecule has 0 aliphatic carbocycles. The first-order chi connectivity index (χ1) is 12.9. The van der Waals surface area contributed by atoms with Crippen LogP contribution in [0.3, 0.4) is 0 Å². The second kappa shape index (κ2) is 7.89. The van der Waals surface area contributed by atoms with E-state index in [1.54, 1.807) is 35.2 Å². The van der Waals surface area contributed by atoms with Crippen molar-refractivity contribution in [2.24, 2.45) is 0 Å². The van der Waals surface area contributed by atoms with Crippen molar-refractivity contribution in [1.29, 1.82) is 0 Å². The Bertz CT molecular complexity index is 1020. The normalized spacial score (nSPS) is 11.3. The highest BCUT2D eigenvalue weighted by atomic mass is 32.1. The third kappa shape index (κ3) is 4.17. The number of benzene rings is 1. The Morgan fingerprint density at radius 3 is 2.67 bits per heavy atom. The molecule has 0 atom stereocenters. The molecule has 1 amide bonds. The van der Waals surface area contributed by atoms with Gasteiger partial charge in [0.05, 0.1) is 17.3 Å². The number of carbonyl (C=O) groups excluding carboxylic acids is 1. The smallest absolute Gasteiger partial charge is 0.262 e. The zero-order valence-electron chi connectivity index (χ0n) is 15.7. The van der Waals surface area contributed by atoms with Crippen LogP contribution in [0.2, 0.25) is 0 Å². The van der Waals surface area contributed by atoms with Crippen molar-refractivity contribution < 1.29 is 4.79 Å². The minimum Gasteiger partial charge on any atom is -0.399 e. The van der Waals surface area contributed by atoms with E-state index in [9.17, 15) is 9.59 Å². The number of thiophene rings is 1. The van der Waals surface area contributed by atoms with Crippen molar-refractivity contribution >= 4 is 38.8 Å². The summed E-state index contributed by atoms with van der Waals surface area (Å²) in [7, 11) is 3.98. The molecule has 0 radical (unpaired) electrons. The average Bonchev–Trinajstić information content (AvgIpc) is 2.95. The summed E-state index contributed by atoms with van der Waals surface area (Å²) >= 11 is 1.36. The van der Waals surface area contributed by atoms with Crippen molar-refractivity contribution in [1.82, 2.24) is 14.5 Å². The van der Waals surface area contributed by atoms with Crippen LogP contribution >= 0.6 is 11.3 Å². The molecule has 3 rings (SSSR count). The van der Waals surface area contributed by atoms with Gasteiger partial charge in [-0.2, -0.15) is 0 Å². The van der Waals surface area contributed by atoms with Gasteiger partial charge in [-0.1, -0.05) is 0 Å². The molecule has 0 saturated carbocycles. The van der Waals surface area contributed by atoms with Gasteiger partial charge in [0.2, 0.25) is 0 Å². The lowest BCUT2D eigenvalue weighted by molar-refractivity contribution is 0.102. The number of nitrogen functional groups attached to an aromatic ring is 1. The van der Waals surface area contributed by atoms with Gasteiger partial charge < -0.3 is 16.0 Å². The maximum absolute atomic E-state index is 13.0. The van der Waals surface area contributed by atoms with Gasteiger partial charge in [-0.15, -0.1) is 11.3 Å². The molecule has 0 unspecified atom stereocenters. The number of nitrogens with zero attached hydrogens (tertiary/aromatic N) is 3. The highest BCUT2D eigenvalue weighted by molar-refractivity contribution is 7.19. The third-order valence-electron chi connectivity index (χ3n) is 4.25. The molecule has 2 heterocycles. The van der Waals surface area contributed by atoms with Crippen molar-refractivity contribution in [3.63, 3.8) is 0 Å². The predicted molar refractivity (Wildman–Crippen MR) is 111 cm³/mol. The first-order valence-corrected chi connectivity index (χ1v) is 9.48. The van der Waals surface area contributed by atoms with E-state index < -0.39 is 0 Å². The Morgan fingerprint density at radius 1 is 1.30 bits per heavy atom.